The predicted molar refractivity (Wildman–Crippen MR) is 152 cm³/mol. The van der Waals surface area contributed by atoms with Crippen LogP contribution in [0.4, 0.5) is 10.0 Å². The molecule has 0 atom stereocenters. The van der Waals surface area contributed by atoms with Gasteiger partial charge in [-0.25, -0.2) is 0 Å². The Hall–Kier alpha value is -3.46. The standard InChI is InChI=1S/C30H30N4O2S2/c31-17-23-21-12-5-1-3-7-14-25(21)37-29(23)33-27(35)19-10-9-11-20(16-19)28(36)34-30-24(18-32)22-13-6-2-4-8-15-26(22)38-30/h9-11,16H,1-8,12-15H2,(H,33,35)(H,34,36). The van der Waals surface area contributed by atoms with Gasteiger partial charge in [-0.2, -0.15) is 10.5 Å². The first-order chi connectivity index (χ1) is 18.6. The zero-order valence-electron chi connectivity index (χ0n) is 21.3. The quantitative estimate of drug-likeness (QED) is 0.359. The van der Waals surface area contributed by atoms with Crippen LogP contribution in [0.25, 0.3) is 0 Å². The van der Waals surface area contributed by atoms with Gasteiger partial charge in [0.2, 0.25) is 0 Å². The number of hydrogen-bond donors (Lipinski definition) is 2. The number of amides is 2. The maximum Gasteiger partial charge on any atom is 0.256 e. The van der Waals surface area contributed by atoms with Crippen molar-refractivity contribution in [2.24, 2.45) is 0 Å². The Bertz CT molecular complexity index is 1350. The van der Waals surface area contributed by atoms with Crippen molar-refractivity contribution in [3.63, 3.8) is 0 Å². The molecule has 194 valence electrons. The number of aryl methyl sites for hydroxylation is 2. The fourth-order valence-electron chi connectivity index (χ4n) is 5.40. The summed E-state index contributed by atoms with van der Waals surface area (Å²) >= 11 is 3.00. The Morgan fingerprint density at radius 3 is 1.50 bits per heavy atom. The number of rotatable bonds is 4. The summed E-state index contributed by atoms with van der Waals surface area (Å²) in [5.41, 5.74) is 4.01. The first-order valence-corrected chi connectivity index (χ1v) is 15.0. The van der Waals surface area contributed by atoms with Crippen LogP contribution in [-0.2, 0) is 25.7 Å². The summed E-state index contributed by atoms with van der Waals surface area (Å²) in [5.74, 6) is -0.690. The molecule has 38 heavy (non-hydrogen) atoms. The van der Waals surface area contributed by atoms with E-state index in [0.717, 1.165) is 62.5 Å². The summed E-state index contributed by atoms with van der Waals surface area (Å²) in [5, 5.41) is 26.7. The van der Waals surface area contributed by atoms with E-state index in [2.05, 4.69) is 22.8 Å². The van der Waals surface area contributed by atoms with Gasteiger partial charge in [0.1, 0.15) is 22.1 Å². The van der Waals surface area contributed by atoms with E-state index in [0.29, 0.717) is 32.3 Å². The van der Waals surface area contributed by atoms with E-state index in [1.54, 1.807) is 24.3 Å². The molecule has 0 saturated carbocycles. The molecule has 2 N–H and O–H groups in total. The minimum Gasteiger partial charge on any atom is -0.312 e. The lowest BCUT2D eigenvalue weighted by Crippen LogP contribution is -2.15. The van der Waals surface area contributed by atoms with Crippen LogP contribution >= 0.6 is 22.7 Å². The number of nitrogens with one attached hydrogen (secondary N) is 2. The average molecular weight is 543 g/mol. The lowest BCUT2D eigenvalue weighted by Gasteiger charge is -2.09. The molecule has 2 heterocycles. The predicted octanol–water partition coefficient (Wildman–Crippen LogP) is 7.38. The van der Waals surface area contributed by atoms with Gasteiger partial charge >= 0.3 is 0 Å². The fourth-order valence-corrected chi connectivity index (χ4v) is 7.87. The zero-order chi connectivity index (χ0) is 26.5. The highest BCUT2D eigenvalue weighted by Gasteiger charge is 2.23. The molecular formula is C30H30N4O2S2. The second-order valence-electron chi connectivity index (χ2n) is 9.96. The van der Waals surface area contributed by atoms with Gasteiger partial charge < -0.3 is 10.6 Å². The largest absolute Gasteiger partial charge is 0.312 e. The van der Waals surface area contributed by atoms with Crippen LogP contribution in [0, 0.1) is 22.7 Å². The van der Waals surface area contributed by atoms with Crippen LogP contribution in [0.1, 0.15) is 104 Å². The molecular weight excluding hydrogens is 512 g/mol. The van der Waals surface area contributed by atoms with Crippen molar-refractivity contribution in [2.45, 2.75) is 77.0 Å². The lowest BCUT2D eigenvalue weighted by atomic mass is 9.97. The molecule has 2 aliphatic carbocycles. The molecule has 2 amide bonds. The van der Waals surface area contributed by atoms with Crippen molar-refractivity contribution in [1.29, 1.82) is 10.5 Å². The Morgan fingerprint density at radius 2 is 1.08 bits per heavy atom. The topological polar surface area (TPSA) is 106 Å². The van der Waals surface area contributed by atoms with Crippen LogP contribution in [-0.4, -0.2) is 11.8 Å². The molecule has 0 bridgehead atoms. The Balaban J connectivity index is 1.34. The second kappa shape index (κ2) is 11.9. The highest BCUT2D eigenvalue weighted by Crippen LogP contribution is 2.38. The van der Waals surface area contributed by atoms with Gasteiger partial charge in [0.05, 0.1) is 11.1 Å². The normalized spacial score (nSPS) is 15.3. The Labute approximate surface area is 231 Å². The summed E-state index contributed by atoms with van der Waals surface area (Å²) in [4.78, 5) is 28.7. The minimum atomic E-state index is -0.345. The maximum atomic E-state index is 13.2. The first-order valence-electron chi connectivity index (χ1n) is 13.4. The zero-order valence-corrected chi connectivity index (χ0v) is 23.0. The number of fused-ring (bicyclic) bond motifs is 2. The highest BCUT2D eigenvalue weighted by molar-refractivity contribution is 7.17. The molecule has 1 aromatic carbocycles. The van der Waals surface area contributed by atoms with Gasteiger partial charge in [0, 0.05) is 20.9 Å². The van der Waals surface area contributed by atoms with Gasteiger partial charge in [-0.3, -0.25) is 9.59 Å². The SMILES string of the molecule is N#Cc1c(NC(=O)c2cccc(C(=O)Nc3sc4c(c3C#N)CCCCCC4)c2)sc2c1CCCCCC2. The average Bonchev–Trinajstić information content (AvgIpc) is 3.38. The van der Waals surface area contributed by atoms with Crippen molar-refractivity contribution in [2.75, 3.05) is 10.6 Å². The van der Waals surface area contributed by atoms with Crippen molar-refractivity contribution < 1.29 is 9.59 Å². The first kappa shape index (κ1) is 26.2. The van der Waals surface area contributed by atoms with Gasteiger partial charge in [0.15, 0.2) is 0 Å². The summed E-state index contributed by atoms with van der Waals surface area (Å²) in [6.07, 6.45) is 12.7. The van der Waals surface area contributed by atoms with Crippen molar-refractivity contribution in [3.8, 4) is 12.1 Å². The number of carbonyl (C=O) groups is 2. The molecule has 0 unspecified atom stereocenters. The number of thiophene rings is 2. The summed E-state index contributed by atoms with van der Waals surface area (Å²) < 4.78 is 0. The second-order valence-corrected chi connectivity index (χ2v) is 12.2. The van der Waals surface area contributed by atoms with E-state index in [1.165, 1.54) is 58.1 Å². The van der Waals surface area contributed by atoms with Crippen LogP contribution in [0.5, 0.6) is 0 Å². The van der Waals surface area contributed by atoms with Crippen LogP contribution in [0.2, 0.25) is 0 Å². The van der Waals surface area contributed by atoms with Crippen LogP contribution in [0.3, 0.4) is 0 Å². The number of benzene rings is 1. The smallest absolute Gasteiger partial charge is 0.256 e. The number of anilines is 2. The highest BCUT2D eigenvalue weighted by atomic mass is 32.1. The molecule has 8 heteroatoms. The Kier molecular flexibility index (Phi) is 8.22. The summed E-state index contributed by atoms with van der Waals surface area (Å²) in [6, 6.07) is 11.2. The minimum absolute atomic E-state index is 0.345. The van der Waals surface area contributed by atoms with E-state index in [1.807, 2.05) is 0 Å². The van der Waals surface area contributed by atoms with Crippen LogP contribution in [0.15, 0.2) is 24.3 Å². The van der Waals surface area contributed by atoms with E-state index in [9.17, 15) is 20.1 Å². The molecule has 6 nitrogen and oxygen atoms in total. The Morgan fingerprint density at radius 1 is 0.658 bits per heavy atom. The molecule has 3 aromatic rings. The molecule has 0 radical (unpaired) electrons. The van der Waals surface area contributed by atoms with E-state index in [-0.39, 0.29) is 11.8 Å². The molecule has 5 rings (SSSR count). The van der Waals surface area contributed by atoms with Crippen LogP contribution < -0.4 is 10.6 Å². The molecule has 0 fully saturated rings. The van der Waals surface area contributed by atoms with Gasteiger partial charge in [-0.1, -0.05) is 31.7 Å². The van der Waals surface area contributed by atoms with Gasteiger partial charge in [-0.05, 0) is 80.7 Å². The molecule has 0 spiro atoms. The molecule has 2 aliphatic rings. The number of carbonyl (C=O) groups excluding carboxylic acids is 2. The molecule has 0 saturated heterocycles. The van der Waals surface area contributed by atoms with Gasteiger partial charge in [0.25, 0.3) is 11.8 Å². The van der Waals surface area contributed by atoms with Crippen molar-refractivity contribution >= 4 is 44.5 Å². The van der Waals surface area contributed by atoms with E-state index >= 15 is 0 Å². The summed E-state index contributed by atoms with van der Waals surface area (Å²) in [6.45, 7) is 0. The molecule has 2 aromatic heterocycles. The third-order valence-corrected chi connectivity index (χ3v) is 9.82. The van der Waals surface area contributed by atoms with E-state index in [4.69, 9.17) is 0 Å². The maximum absolute atomic E-state index is 13.2. The molecule has 0 aliphatic heterocycles. The number of hydrogen-bond acceptors (Lipinski definition) is 6. The van der Waals surface area contributed by atoms with Gasteiger partial charge in [-0.15, -0.1) is 22.7 Å². The monoisotopic (exact) mass is 542 g/mol. The van der Waals surface area contributed by atoms with Crippen molar-refractivity contribution in [3.05, 3.63) is 67.4 Å². The number of nitriles is 2. The lowest BCUT2D eigenvalue weighted by molar-refractivity contribution is 0.102. The fraction of sp³-hybridized carbons (Fsp3) is 0.400. The third-order valence-electron chi connectivity index (χ3n) is 7.41. The van der Waals surface area contributed by atoms with Crippen molar-refractivity contribution in [1.82, 2.24) is 0 Å². The van der Waals surface area contributed by atoms with E-state index < -0.39 is 0 Å². The number of nitrogens with zero attached hydrogens (tertiary/aromatic N) is 2. The third kappa shape index (κ3) is 5.53. The summed E-state index contributed by atoms with van der Waals surface area (Å²) in [7, 11) is 0.